The molecule has 6 nitrogen and oxygen atoms in total. The van der Waals surface area contributed by atoms with E-state index < -0.39 is 5.82 Å². The number of fused-ring (bicyclic) bond motifs is 1. The Morgan fingerprint density at radius 2 is 2.26 bits per heavy atom. The molecule has 0 unspecified atom stereocenters. The molecule has 0 aliphatic carbocycles. The van der Waals surface area contributed by atoms with Gasteiger partial charge in [0.05, 0.1) is 17.7 Å². The number of anilines is 2. The van der Waals surface area contributed by atoms with Gasteiger partial charge in [0.15, 0.2) is 11.6 Å². The van der Waals surface area contributed by atoms with E-state index in [1.54, 1.807) is 18.3 Å². The molecule has 0 spiro atoms. The lowest BCUT2D eigenvalue weighted by Gasteiger charge is -2.10. The first-order chi connectivity index (χ1) is 9.25. The molecule has 2 heterocycles. The highest BCUT2D eigenvalue weighted by Crippen LogP contribution is 2.29. The second-order valence-electron chi connectivity index (χ2n) is 3.92. The van der Waals surface area contributed by atoms with E-state index in [1.165, 1.54) is 12.5 Å². The Labute approximate surface area is 107 Å². The van der Waals surface area contributed by atoms with Crippen LogP contribution in [0.5, 0.6) is 0 Å². The van der Waals surface area contributed by atoms with E-state index in [0.29, 0.717) is 22.4 Å². The Morgan fingerprint density at radius 1 is 1.37 bits per heavy atom. The van der Waals surface area contributed by atoms with Gasteiger partial charge in [0, 0.05) is 17.3 Å². The van der Waals surface area contributed by atoms with Gasteiger partial charge in [0.25, 0.3) is 0 Å². The van der Waals surface area contributed by atoms with Crippen LogP contribution in [-0.4, -0.2) is 15.1 Å². The molecule has 3 rings (SSSR count). The minimum absolute atomic E-state index is 0.239. The Bertz CT molecular complexity index is 713. The third-order valence-corrected chi connectivity index (χ3v) is 2.71. The van der Waals surface area contributed by atoms with Crippen LogP contribution in [0.4, 0.5) is 15.8 Å². The monoisotopic (exact) mass is 259 g/mol. The molecular formula is C12H10FN5O. The summed E-state index contributed by atoms with van der Waals surface area (Å²) in [6.07, 6.45) is 2.80. The van der Waals surface area contributed by atoms with Crippen molar-refractivity contribution in [1.82, 2.24) is 15.1 Å². The first kappa shape index (κ1) is 11.4. The van der Waals surface area contributed by atoms with Gasteiger partial charge in [0.1, 0.15) is 0 Å². The van der Waals surface area contributed by atoms with Crippen molar-refractivity contribution in [3.05, 3.63) is 42.4 Å². The second-order valence-corrected chi connectivity index (χ2v) is 3.92. The number of nitrogens with zero attached hydrogens (tertiary/aromatic N) is 3. The third kappa shape index (κ3) is 2.05. The zero-order valence-electron chi connectivity index (χ0n) is 9.80. The van der Waals surface area contributed by atoms with Crippen LogP contribution in [-0.2, 0) is 6.54 Å². The van der Waals surface area contributed by atoms with E-state index >= 15 is 0 Å². The number of halogens is 1. The van der Waals surface area contributed by atoms with Crippen LogP contribution >= 0.6 is 0 Å². The summed E-state index contributed by atoms with van der Waals surface area (Å²) in [7, 11) is 0. The number of nitrogen functional groups attached to an aromatic ring is 1. The van der Waals surface area contributed by atoms with Crippen LogP contribution in [0.15, 0.2) is 35.3 Å². The first-order valence-electron chi connectivity index (χ1n) is 5.57. The zero-order chi connectivity index (χ0) is 13.2. The molecule has 1 aromatic carbocycles. The molecule has 19 heavy (non-hydrogen) atoms. The maximum Gasteiger partial charge on any atom is 0.213 e. The van der Waals surface area contributed by atoms with Crippen LogP contribution in [0, 0.1) is 5.82 Å². The molecule has 0 fully saturated rings. The van der Waals surface area contributed by atoms with Crippen molar-refractivity contribution in [3.8, 4) is 0 Å². The van der Waals surface area contributed by atoms with E-state index in [0.717, 1.165) is 0 Å². The Balaban J connectivity index is 2.02. The van der Waals surface area contributed by atoms with E-state index in [9.17, 15) is 4.39 Å². The highest BCUT2D eigenvalue weighted by Gasteiger charge is 2.12. The first-order valence-corrected chi connectivity index (χ1v) is 5.57. The van der Waals surface area contributed by atoms with E-state index in [4.69, 9.17) is 5.73 Å². The van der Waals surface area contributed by atoms with Gasteiger partial charge in [-0.05, 0) is 18.2 Å². The molecule has 0 saturated heterocycles. The summed E-state index contributed by atoms with van der Waals surface area (Å²) in [5, 5.41) is 7.24. The van der Waals surface area contributed by atoms with Crippen LogP contribution in [0.3, 0.4) is 0 Å². The summed E-state index contributed by atoms with van der Waals surface area (Å²) >= 11 is 0. The van der Waals surface area contributed by atoms with Crippen molar-refractivity contribution in [2.24, 2.45) is 0 Å². The number of hydrogen-bond donors (Lipinski definition) is 2. The fourth-order valence-corrected chi connectivity index (χ4v) is 1.84. The standard InChI is InChI=1S/C12H10FN5O/c13-8-4-9(14)7-2-1-3-15-11(7)12(8)16-5-10-17-6-19-18-10/h1-4,6,16H,5,14H2. The van der Waals surface area contributed by atoms with Crippen LogP contribution in [0.25, 0.3) is 10.9 Å². The normalized spacial score (nSPS) is 10.8. The summed E-state index contributed by atoms with van der Waals surface area (Å²) in [5.41, 5.74) is 6.87. The third-order valence-electron chi connectivity index (χ3n) is 2.71. The van der Waals surface area contributed by atoms with E-state index in [-0.39, 0.29) is 12.2 Å². The minimum Gasteiger partial charge on any atom is -0.398 e. The van der Waals surface area contributed by atoms with Crippen LogP contribution in [0.2, 0.25) is 0 Å². The van der Waals surface area contributed by atoms with Gasteiger partial charge in [-0.15, -0.1) is 0 Å². The maximum atomic E-state index is 14.0. The van der Waals surface area contributed by atoms with Crippen LogP contribution in [0.1, 0.15) is 5.82 Å². The smallest absolute Gasteiger partial charge is 0.213 e. The Morgan fingerprint density at radius 3 is 3.05 bits per heavy atom. The van der Waals surface area contributed by atoms with Crippen molar-refractivity contribution in [2.75, 3.05) is 11.1 Å². The number of hydrogen-bond acceptors (Lipinski definition) is 6. The molecule has 0 radical (unpaired) electrons. The van der Waals surface area contributed by atoms with E-state index in [1.807, 2.05) is 0 Å². The van der Waals surface area contributed by atoms with Crippen molar-refractivity contribution in [2.45, 2.75) is 6.54 Å². The molecule has 7 heteroatoms. The molecule has 0 bridgehead atoms. The predicted molar refractivity (Wildman–Crippen MR) is 67.7 cm³/mol. The number of nitrogens with two attached hydrogens (primary N) is 1. The van der Waals surface area contributed by atoms with Gasteiger partial charge < -0.3 is 15.6 Å². The van der Waals surface area contributed by atoms with Gasteiger partial charge in [-0.3, -0.25) is 4.98 Å². The fraction of sp³-hybridized carbons (Fsp3) is 0.0833. The minimum atomic E-state index is -0.466. The lowest BCUT2D eigenvalue weighted by atomic mass is 10.1. The van der Waals surface area contributed by atoms with Gasteiger partial charge in [0.2, 0.25) is 6.39 Å². The Kier molecular flexibility index (Phi) is 2.71. The number of nitrogens with one attached hydrogen (secondary N) is 1. The summed E-state index contributed by atoms with van der Waals surface area (Å²) in [5.74, 6) is -0.0347. The molecule has 0 aliphatic rings. The highest BCUT2D eigenvalue weighted by atomic mass is 19.1. The number of aromatic nitrogens is 3. The largest absolute Gasteiger partial charge is 0.398 e. The lowest BCUT2D eigenvalue weighted by Crippen LogP contribution is -2.05. The summed E-state index contributed by atoms with van der Waals surface area (Å²) in [4.78, 5) is 8.01. The van der Waals surface area contributed by atoms with Gasteiger partial charge >= 0.3 is 0 Å². The SMILES string of the molecule is Nc1cc(F)c(NCc2ncon2)c2ncccc12. The average molecular weight is 259 g/mol. The molecule has 0 atom stereocenters. The van der Waals surface area contributed by atoms with Gasteiger partial charge in [-0.2, -0.15) is 4.98 Å². The highest BCUT2D eigenvalue weighted by molar-refractivity contribution is 5.98. The van der Waals surface area contributed by atoms with Crippen LogP contribution < -0.4 is 11.1 Å². The molecule has 0 saturated carbocycles. The number of benzene rings is 1. The van der Waals surface area contributed by atoms with Crippen molar-refractivity contribution >= 4 is 22.3 Å². The summed E-state index contributed by atoms with van der Waals surface area (Å²) in [6, 6.07) is 4.80. The predicted octanol–water partition coefficient (Wildman–Crippen LogP) is 1.95. The summed E-state index contributed by atoms with van der Waals surface area (Å²) in [6.45, 7) is 0.239. The average Bonchev–Trinajstić information content (AvgIpc) is 2.92. The molecule has 2 aromatic heterocycles. The summed E-state index contributed by atoms with van der Waals surface area (Å²) < 4.78 is 18.6. The molecule has 0 aliphatic heterocycles. The molecular weight excluding hydrogens is 249 g/mol. The van der Waals surface area contributed by atoms with Crippen molar-refractivity contribution in [3.63, 3.8) is 0 Å². The number of pyridine rings is 1. The fourth-order valence-electron chi connectivity index (χ4n) is 1.84. The van der Waals surface area contributed by atoms with Crippen molar-refractivity contribution < 1.29 is 8.91 Å². The molecule has 0 amide bonds. The Hall–Kier alpha value is -2.70. The van der Waals surface area contributed by atoms with Gasteiger partial charge in [-0.25, -0.2) is 4.39 Å². The zero-order valence-corrected chi connectivity index (χ0v) is 9.80. The molecule has 3 aromatic rings. The topological polar surface area (TPSA) is 89.9 Å². The quantitative estimate of drug-likeness (QED) is 0.699. The number of rotatable bonds is 3. The maximum absolute atomic E-state index is 14.0. The molecule has 96 valence electrons. The lowest BCUT2D eigenvalue weighted by molar-refractivity contribution is 0.411. The van der Waals surface area contributed by atoms with Crippen molar-refractivity contribution in [1.29, 1.82) is 0 Å². The second kappa shape index (κ2) is 4.52. The van der Waals surface area contributed by atoms with Gasteiger partial charge in [-0.1, -0.05) is 5.16 Å². The van der Waals surface area contributed by atoms with E-state index in [2.05, 4.69) is 25.0 Å². The molecule has 3 N–H and O–H groups in total.